The molecule has 1 N–H and O–H groups in total. The van der Waals surface area contributed by atoms with E-state index in [9.17, 15) is 10.1 Å². The molecule has 0 aliphatic rings. The van der Waals surface area contributed by atoms with E-state index in [1.807, 2.05) is 43.5 Å². The van der Waals surface area contributed by atoms with E-state index < -0.39 is 4.92 Å². The van der Waals surface area contributed by atoms with Gasteiger partial charge in [0.2, 0.25) is 5.95 Å². The van der Waals surface area contributed by atoms with Crippen LogP contribution < -0.4 is 5.32 Å². The van der Waals surface area contributed by atoms with Gasteiger partial charge in [0, 0.05) is 36.6 Å². The summed E-state index contributed by atoms with van der Waals surface area (Å²) >= 11 is 0. The number of rotatable bonds is 5. The summed E-state index contributed by atoms with van der Waals surface area (Å²) in [5.74, 6) is 0.523. The fraction of sp³-hybridized carbons (Fsp3) is 0.105. The molecule has 8 heteroatoms. The molecule has 1 aromatic carbocycles. The first-order valence-electron chi connectivity index (χ1n) is 8.47. The normalized spacial score (nSPS) is 10.9. The number of hydrogen-bond acceptors (Lipinski definition) is 6. The lowest BCUT2D eigenvalue weighted by Crippen LogP contribution is -2.02. The largest absolute Gasteiger partial charge is 0.354 e. The number of anilines is 1. The summed E-state index contributed by atoms with van der Waals surface area (Å²) in [5.41, 5.74) is 3.67. The molecular weight excluding hydrogens is 344 g/mol. The molecule has 0 unspecified atom stereocenters. The van der Waals surface area contributed by atoms with E-state index in [4.69, 9.17) is 0 Å². The van der Waals surface area contributed by atoms with Gasteiger partial charge < -0.3 is 5.32 Å². The molecule has 0 aliphatic carbocycles. The zero-order valence-electron chi connectivity index (χ0n) is 14.5. The molecule has 0 aliphatic heterocycles. The van der Waals surface area contributed by atoms with Gasteiger partial charge in [0.1, 0.15) is 5.69 Å². The first kappa shape index (κ1) is 16.6. The number of nitrogens with one attached hydrogen (secondary N) is 1. The molecule has 3 heterocycles. The van der Waals surface area contributed by atoms with Gasteiger partial charge in [-0.3, -0.25) is 10.1 Å². The van der Waals surface area contributed by atoms with Crippen LogP contribution in [-0.4, -0.2) is 31.1 Å². The molecule has 27 heavy (non-hydrogen) atoms. The number of pyridine rings is 1. The van der Waals surface area contributed by atoms with Crippen molar-refractivity contribution in [3.63, 3.8) is 0 Å². The third-order valence-corrected chi connectivity index (χ3v) is 4.12. The standard InChI is InChI=1S/C19H16N6O2/c1-2-20-19-21-10-9-15(22-19)17-16-8-3-4-11-24(16)23-18(17)13-6-5-7-14(12-13)25(26)27/h3-12H,2H2,1H3,(H,20,21,22). The Morgan fingerprint density at radius 3 is 2.89 bits per heavy atom. The van der Waals surface area contributed by atoms with Gasteiger partial charge in [0.25, 0.3) is 5.69 Å². The van der Waals surface area contributed by atoms with Crippen molar-refractivity contribution in [1.82, 2.24) is 19.6 Å². The summed E-state index contributed by atoms with van der Waals surface area (Å²) in [4.78, 5) is 19.6. The van der Waals surface area contributed by atoms with Crippen LogP contribution in [0.2, 0.25) is 0 Å². The Labute approximate surface area is 154 Å². The number of fused-ring (bicyclic) bond motifs is 1. The first-order valence-corrected chi connectivity index (χ1v) is 8.47. The zero-order chi connectivity index (χ0) is 18.8. The highest BCUT2D eigenvalue weighted by molar-refractivity contribution is 5.91. The molecule has 0 atom stereocenters. The molecular formula is C19H16N6O2. The lowest BCUT2D eigenvalue weighted by atomic mass is 10.0. The molecule has 0 amide bonds. The highest BCUT2D eigenvalue weighted by atomic mass is 16.6. The van der Waals surface area contributed by atoms with Crippen LogP contribution in [0, 0.1) is 10.1 Å². The van der Waals surface area contributed by atoms with Crippen molar-refractivity contribution >= 4 is 17.2 Å². The van der Waals surface area contributed by atoms with E-state index in [1.54, 1.807) is 16.8 Å². The number of nitro groups is 1. The van der Waals surface area contributed by atoms with Gasteiger partial charge in [-0.05, 0) is 25.1 Å². The molecule has 134 valence electrons. The number of nitrogens with zero attached hydrogens (tertiary/aromatic N) is 5. The van der Waals surface area contributed by atoms with Crippen LogP contribution in [0.5, 0.6) is 0 Å². The Kier molecular flexibility index (Phi) is 4.21. The second kappa shape index (κ2) is 6.83. The maximum Gasteiger partial charge on any atom is 0.270 e. The average molecular weight is 360 g/mol. The second-order valence-corrected chi connectivity index (χ2v) is 5.86. The van der Waals surface area contributed by atoms with Crippen molar-refractivity contribution in [2.45, 2.75) is 6.92 Å². The molecule has 0 radical (unpaired) electrons. The van der Waals surface area contributed by atoms with Gasteiger partial charge in [-0.15, -0.1) is 0 Å². The summed E-state index contributed by atoms with van der Waals surface area (Å²) < 4.78 is 1.75. The van der Waals surface area contributed by atoms with Crippen molar-refractivity contribution in [2.75, 3.05) is 11.9 Å². The summed E-state index contributed by atoms with van der Waals surface area (Å²) in [6.07, 6.45) is 3.52. The van der Waals surface area contributed by atoms with Crippen LogP contribution in [0.1, 0.15) is 6.92 Å². The average Bonchev–Trinajstić information content (AvgIpc) is 3.08. The Balaban J connectivity index is 1.97. The second-order valence-electron chi connectivity index (χ2n) is 5.86. The van der Waals surface area contributed by atoms with Crippen LogP contribution in [0.3, 0.4) is 0 Å². The molecule has 0 saturated heterocycles. The van der Waals surface area contributed by atoms with E-state index in [0.717, 1.165) is 11.1 Å². The van der Waals surface area contributed by atoms with E-state index in [2.05, 4.69) is 20.4 Å². The zero-order valence-corrected chi connectivity index (χ0v) is 14.5. The van der Waals surface area contributed by atoms with E-state index >= 15 is 0 Å². The lowest BCUT2D eigenvalue weighted by Gasteiger charge is -2.06. The lowest BCUT2D eigenvalue weighted by molar-refractivity contribution is -0.384. The first-order chi connectivity index (χ1) is 13.2. The summed E-state index contributed by atoms with van der Waals surface area (Å²) in [6, 6.07) is 14.0. The highest BCUT2D eigenvalue weighted by Crippen LogP contribution is 2.35. The van der Waals surface area contributed by atoms with Crippen LogP contribution in [0.25, 0.3) is 28.0 Å². The minimum Gasteiger partial charge on any atom is -0.354 e. The number of nitro benzene ring substituents is 1. The van der Waals surface area contributed by atoms with Crippen molar-refractivity contribution in [1.29, 1.82) is 0 Å². The predicted octanol–water partition coefficient (Wildman–Crippen LogP) is 3.80. The van der Waals surface area contributed by atoms with Crippen LogP contribution in [0.15, 0.2) is 60.9 Å². The third kappa shape index (κ3) is 3.08. The Morgan fingerprint density at radius 1 is 1.19 bits per heavy atom. The Hall–Kier alpha value is -3.81. The van der Waals surface area contributed by atoms with Gasteiger partial charge in [0.05, 0.1) is 21.7 Å². The molecule has 0 saturated carbocycles. The fourth-order valence-electron chi connectivity index (χ4n) is 2.96. The molecule has 0 bridgehead atoms. The predicted molar refractivity (Wildman–Crippen MR) is 102 cm³/mol. The van der Waals surface area contributed by atoms with Gasteiger partial charge in [-0.1, -0.05) is 18.2 Å². The van der Waals surface area contributed by atoms with Gasteiger partial charge in [0.15, 0.2) is 0 Å². The van der Waals surface area contributed by atoms with Crippen LogP contribution in [-0.2, 0) is 0 Å². The number of non-ortho nitro benzene ring substituents is 1. The summed E-state index contributed by atoms with van der Waals surface area (Å²) in [6.45, 7) is 2.68. The Morgan fingerprint density at radius 2 is 2.07 bits per heavy atom. The number of aromatic nitrogens is 4. The van der Waals surface area contributed by atoms with Gasteiger partial charge in [-0.2, -0.15) is 5.10 Å². The summed E-state index contributed by atoms with van der Waals surface area (Å²) in [7, 11) is 0. The third-order valence-electron chi connectivity index (χ3n) is 4.12. The maximum absolute atomic E-state index is 11.2. The molecule has 4 rings (SSSR count). The van der Waals surface area contributed by atoms with Crippen LogP contribution in [0.4, 0.5) is 11.6 Å². The van der Waals surface area contributed by atoms with Crippen LogP contribution >= 0.6 is 0 Å². The van der Waals surface area contributed by atoms with E-state index in [0.29, 0.717) is 29.4 Å². The van der Waals surface area contributed by atoms with Crippen molar-refractivity contribution in [3.8, 4) is 22.5 Å². The molecule has 4 aromatic rings. The van der Waals surface area contributed by atoms with Crippen molar-refractivity contribution < 1.29 is 4.92 Å². The highest BCUT2D eigenvalue weighted by Gasteiger charge is 2.19. The molecule has 8 nitrogen and oxygen atoms in total. The van der Waals surface area contributed by atoms with Crippen molar-refractivity contribution in [3.05, 3.63) is 71.0 Å². The molecule has 0 spiro atoms. The minimum absolute atomic E-state index is 0.0199. The topological polar surface area (TPSA) is 98.2 Å². The Bertz CT molecular complexity index is 1140. The van der Waals surface area contributed by atoms with Gasteiger partial charge >= 0.3 is 0 Å². The fourth-order valence-corrected chi connectivity index (χ4v) is 2.96. The molecule has 3 aromatic heterocycles. The van der Waals surface area contributed by atoms with E-state index in [-0.39, 0.29) is 5.69 Å². The van der Waals surface area contributed by atoms with Gasteiger partial charge in [-0.25, -0.2) is 14.5 Å². The molecule has 0 fully saturated rings. The maximum atomic E-state index is 11.2. The summed E-state index contributed by atoms with van der Waals surface area (Å²) in [5, 5.41) is 18.9. The SMILES string of the molecule is CCNc1nccc(-c2c(-c3cccc([N+](=O)[O-])c3)nn3ccccc23)n1. The minimum atomic E-state index is -0.410. The smallest absolute Gasteiger partial charge is 0.270 e. The van der Waals surface area contributed by atoms with Crippen molar-refractivity contribution in [2.24, 2.45) is 0 Å². The number of benzene rings is 1. The monoisotopic (exact) mass is 360 g/mol. The number of hydrogen-bond donors (Lipinski definition) is 1. The van der Waals surface area contributed by atoms with E-state index in [1.165, 1.54) is 12.1 Å². The quantitative estimate of drug-likeness (QED) is 0.429.